The minimum absolute atomic E-state index is 0.0515. The Labute approximate surface area is 111 Å². The molecule has 1 saturated heterocycles. The summed E-state index contributed by atoms with van der Waals surface area (Å²) in [6.07, 6.45) is 8.24. The molecule has 0 radical (unpaired) electrons. The van der Waals surface area contributed by atoms with Crippen LogP contribution in [0.2, 0.25) is 0 Å². The molecule has 2 fully saturated rings. The van der Waals surface area contributed by atoms with Gasteiger partial charge in [0, 0.05) is 12.4 Å². The summed E-state index contributed by atoms with van der Waals surface area (Å²) in [5, 5.41) is 6.99. The lowest BCUT2D eigenvalue weighted by atomic mass is 9.82. The summed E-state index contributed by atoms with van der Waals surface area (Å²) < 4.78 is 1.73. The van der Waals surface area contributed by atoms with E-state index in [1.165, 1.54) is 4.90 Å². The van der Waals surface area contributed by atoms with Gasteiger partial charge >= 0.3 is 6.03 Å². The van der Waals surface area contributed by atoms with Gasteiger partial charge in [-0.2, -0.15) is 5.10 Å². The first kappa shape index (κ1) is 12.2. The first-order valence-corrected chi connectivity index (χ1v) is 6.83. The molecule has 1 aliphatic carbocycles. The van der Waals surface area contributed by atoms with Crippen LogP contribution in [-0.4, -0.2) is 38.7 Å². The van der Waals surface area contributed by atoms with E-state index in [2.05, 4.69) is 10.4 Å². The highest BCUT2D eigenvalue weighted by Gasteiger charge is 2.50. The van der Waals surface area contributed by atoms with Crippen LogP contribution in [0.1, 0.15) is 32.1 Å². The van der Waals surface area contributed by atoms with E-state index in [1.54, 1.807) is 10.9 Å². The van der Waals surface area contributed by atoms with Crippen LogP contribution in [-0.2, 0) is 11.3 Å². The van der Waals surface area contributed by atoms with E-state index in [0.29, 0.717) is 13.1 Å². The summed E-state index contributed by atoms with van der Waals surface area (Å²) in [5.74, 6) is -0.0515. The summed E-state index contributed by atoms with van der Waals surface area (Å²) in [4.78, 5) is 25.8. The van der Waals surface area contributed by atoms with Crippen molar-refractivity contribution in [1.82, 2.24) is 20.0 Å². The molecule has 0 atom stereocenters. The predicted octanol–water partition coefficient (Wildman–Crippen LogP) is 1.14. The number of carbonyl (C=O) groups excluding carboxylic acids is 2. The zero-order valence-electron chi connectivity index (χ0n) is 10.8. The number of aromatic nitrogens is 2. The van der Waals surface area contributed by atoms with Crippen LogP contribution >= 0.6 is 0 Å². The van der Waals surface area contributed by atoms with Crippen molar-refractivity contribution in [2.24, 2.45) is 0 Å². The zero-order valence-corrected chi connectivity index (χ0v) is 10.8. The number of hydrogen-bond donors (Lipinski definition) is 1. The Morgan fingerprint density at radius 1 is 1.21 bits per heavy atom. The fourth-order valence-corrected chi connectivity index (χ4v) is 3.01. The molecule has 1 N–H and O–H groups in total. The van der Waals surface area contributed by atoms with E-state index in [0.717, 1.165) is 32.1 Å². The molecule has 3 amide bonds. The second kappa shape index (κ2) is 4.68. The van der Waals surface area contributed by atoms with Crippen LogP contribution in [0.25, 0.3) is 0 Å². The summed E-state index contributed by atoms with van der Waals surface area (Å²) in [5.41, 5.74) is -0.612. The molecule has 2 aliphatic rings. The molecule has 19 heavy (non-hydrogen) atoms. The molecule has 1 aromatic heterocycles. The first-order valence-electron chi connectivity index (χ1n) is 6.83. The van der Waals surface area contributed by atoms with Crippen molar-refractivity contribution in [1.29, 1.82) is 0 Å². The van der Waals surface area contributed by atoms with Gasteiger partial charge < -0.3 is 5.32 Å². The SMILES string of the molecule is O=C1NC2(CCCCC2)C(=O)N1CCn1cccn1. The number of nitrogens with zero attached hydrogens (tertiary/aromatic N) is 3. The van der Waals surface area contributed by atoms with Gasteiger partial charge in [-0.15, -0.1) is 0 Å². The molecule has 0 bridgehead atoms. The van der Waals surface area contributed by atoms with E-state index in [1.807, 2.05) is 12.3 Å². The first-order chi connectivity index (χ1) is 9.21. The highest BCUT2D eigenvalue weighted by molar-refractivity contribution is 6.07. The molecule has 1 aliphatic heterocycles. The topological polar surface area (TPSA) is 67.2 Å². The van der Waals surface area contributed by atoms with Gasteiger partial charge in [0.05, 0.1) is 13.1 Å². The van der Waals surface area contributed by atoms with Gasteiger partial charge in [0.15, 0.2) is 0 Å². The molecule has 6 heteroatoms. The summed E-state index contributed by atoms with van der Waals surface area (Å²) >= 11 is 0. The second-order valence-corrected chi connectivity index (χ2v) is 5.30. The lowest BCUT2D eigenvalue weighted by Gasteiger charge is -2.30. The maximum atomic E-state index is 12.5. The zero-order chi connectivity index (χ0) is 13.3. The van der Waals surface area contributed by atoms with Gasteiger partial charge in [-0.05, 0) is 18.9 Å². The average molecular weight is 262 g/mol. The molecule has 0 aromatic carbocycles. The monoisotopic (exact) mass is 262 g/mol. The number of amides is 3. The van der Waals surface area contributed by atoms with Gasteiger partial charge in [-0.25, -0.2) is 4.79 Å². The molecule has 0 unspecified atom stereocenters. The van der Waals surface area contributed by atoms with Gasteiger partial charge in [0.2, 0.25) is 0 Å². The summed E-state index contributed by atoms with van der Waals surface area (Å²) in [6, 6.07) is 1.58. The number of nitrogens with one attached hydrogen (secondary N) is 1. The minimum atomic E-state index is -0.612. The van der Waals surface area contributed by atoms with Crippen molar-refractivity contribution in [3.8, 4) is 0 Å². The molecular weight excluding hydrogens is 244 g/mol. The third-order valence-electron chi connectivity index (χ3n) is 4.06. The standard InChI is InChI=1S/C13H18N4O2/c18-11-13(5-2-1-3-6-13)15-12(19)17(11)10-9-16-8-4-7-14-16/h4,7-8H,1-3,5-6,9-10H2,(H,15,19). The van der Waals surface area contributed by atoms with E-state index in [9.17, 15) is 9.59 Å². The Balaban J connectivity index is 1.68. The van der Waals surface area contributed by atoms with Crippen molar-refractivity contribution in [2.45, 2.75) is 44.2 Å². The fraction of sp³-hybridized carbons (Fsp3) is 0.615. The van der Waals surface area contributed by atoms with Gasteiger partial charge in [0.1, 0.15) is 5.54 Å². The molecule has 3 rings (SSSR count). The van der Waals surface area contributed by atoms with Crippen molar-refractivity contribution in [3.05, 3.63) is 18.5 Å². The highest BCUT2D eigenvalue weighted by Crippen LogP contribution is 2.33. The number of carbonyl (C=O) groups is 2. The quantitative estimate of drug-likeness (QED) is 0.831. The lowest BCUT2D eigenvalue weighted by molar-refractivity contribution is -0.132. The van der Waals surface area contributed by atoms with Crippen molar-refractivity contribution in [2.75, 3.05) is 6.54 Å². The second-order valence-electron chi connectivity index (χ2n) is 5.30. The predicted molar refractivity (Wildman–Crippen MR) is 68.3 cm³/mol. The molecule has 102 valence electrons. The van der Waals surface area contributed by atoms with Crippen LogP contribution in [0.5, 0.6) is 0 Å². The minimum Gasteiger partial charge on any atom is -0.323 e. The largest absolute Gasteiger partial charge is 0.325 e. The number of rotatable bonds is 3. The third kappa shape index (κ3) is 2.11. The van der Waals surface area contributed by atoms with Gasteiger partial charge in [0.25, 0.3) is 5.91 Å². The fourth-order valence-electron chi connectivity index (χ4n) is 3.01. The van der Waals surface area contributed by atoms with E-state index in [4.69, 9.17) is 0 Å². The molecule has 1 aromatic rings. The van der Waals surface area contributed by atoms with Gasteiger partial charge in [-0.1, -0.05) is 19.3 Å². The Bertz CT molecular complexity index is 477. The van der Waals surface area contributed by atoms with Crippen LogP contribution in [0, 0.1) is 0 Å². The summed E-state index contributed by atoms with van der Waals surface area (Å²) in [7, 11) is 0. The Morgan fingerprint density at radius 2 is 2.00 bits per heavy atom. The van der Waals surface area contributed by atoms with Crippen LogP contribution in [0.3, 0.4) is 0 Å². The molecule has 1 saturated carbocycles. The van der Waals surface area contributed by atoms with Crippen LogP contribution in [0.15, 0.2) is 18.5 Å². The van der Waals surface area contributed by atoms with E-state index >= 15 is 0 Å². The maximum absolute atomic E-state index is 12.5. The molecule has 1 spiro atoms. The van der Waals surface area contributed by atoms with Crippen LogP contribution in [0.4, 0.5) is 4.79 Å². The normalized spacial score (nSPS) is 22.0. The smallest absolute Gasteiger partial charge is 0.323 e. The lowest BCUT2D eigenvalue weighted by Crippen LogP contribution is -2.48. The number of imide groups is 1. The van der Waals surface area contributed by atoms with Crippen molar-refractivity contribution < 1.29 is 9.59 Å². The number of urea groups is 1. The van der Waals surface area contributed by atoms with E-state index < -0.39 is 5.54 Å². The Kier molecular flexibility index (Phi) is 3.00. The molecular formula is C13H18N4O2. The Hall–Kier alpha value is -1.85. The van der Waals surface area contributed by atoms with Crippen LogP contribution < -0.4 is 5.32 Å². The maximum Gasteiger partial charge on any atom is 0.325 e. The Morgan fingerprint density at radius 3 is 2.68 bits per heavy atom. The third-order valence-corrected chi connectivity index (χ3v) is 4.06. The average Bonchev–Trinajstić information content (AvgIpc) is 2.99. The van der Waals surface area contributed by atoms with Crippen molar-refractivity contribution >= 4 is 11.9 Å². The summed E-state index contributed by atoms with van der Waals surface area (Å²) in [6.45, 7) is 0.927. The van der Waals surface area contributed by atoms with Gasteiger partial charge in [-0.3, -0.25) is 14.4 Å². The number of hydrogen-bond acceptors (Lipinski definition) is 3. The molecule has 6 nitrogen and oxygen atoms in total. The van der Waals surface area contributed by atoms with Crippen molar-refractivity contribution in [3.63, 3.8) is 0 Å². The highest BCUT2D eigenvalue weighted by atomic mass is 16.2. The molecule has 2 heterocycles. The van der Waals surface area contributed by atoms with E-state index in [-0.39, 0.29) is 11.9 Å².